The smallest absolute Gasteiger partial charge is 0.352 e. The first-order valence-electron chi connectivity index (χ1n) is 10.1. The maximum atomic E-state index is 14.4. The summed E-state index contributed by atoms with van der Waals surface area (Å²) in [6.45, 7) is 0.297. The second-order valence-corrected chi connectivity index (χ2v) is 7.32. The van der Waals surface area contributed by atoms with Crippen molar-refractivity contribution in [2.24, 2.45) is 0 Å². The van der Waals surface area contributed by atoms with Gasteiger partial charge >= 0.3 is 5.69 Å². The van der Waals surface area contributed by atoms with E-state index in [0.29, 0.717) is 15.9 Å². The van der Waals surface area contributed by atoms with E-state index in [4.69, 9.17) is 4.74 Å². The van der Waals surface area contributed by atoms with Crippen LogP contribution in [0.5, 0.6) is 0 Å². The van der Waals surface area contributed by atoms with Gasteiger partial charge in [-0.15, -0.1) is 0 Å². The van der Waals surface area contributed by atoms with Crippen LogP contribution in [-0.4, -0.2) is 39.5 Å². The minimum absolute atomic E-state index is 0.0590. The topological polar surface area (TPSA) is 95.2 Å². The molecule has 1 aromatic heterocycles. The standard InChI is InChI=1S/C22H20F2N4O4/c23-16-8-2-1-6-14(16)13-27-21(30)19(20(29)25-12-15-7-5-11-32-15)26-28(22(27)31)18-10-4-3-9-17(18)24/h1-4,6,8-10,15H,5,7,11-13H2,(H,25,29)/t15-/m1/s1. The third-order valence-electron chi connectivity index (χ3n) is 5.16. The summed E-state index contributed by atoms with van der Waals surface area (Å²) in [6, 6.07) is 10.9. The van der Waals surface area contributed by atoms with Gasteiger partial charge in [0.1, 0.15) is 17.3 Å². The van der Waals surface area contributed by atoms with E-state index in [1.54, 1.807) is 6.07 Å². The van der Waals surface area contributed by atoms with Crippen LogP contribution in [0, 0.1) is 11.6 Å². The first kappa shape index (κ1) is 21.6. The number of nitrogens with zero attached hydrogens (tertiary/aromatic N) is 3. The van der Waals surface area contributed by atoms with Crippen LogP contribution < -0.4 is 16.6 Å². The molecule has 1 aliphatic rings. The Morgan fingerprint density at radius 3 is 2.50 bits per heavy atom. The monoisotopic (exact) mass is 442 g/mol. The molecule has 1 saturated heterocycles. The Hall–Kier alpha value is -3.66. The number of amides is 1. The van der Waals surface area contributed by atoms with Gasteiger partial charge in [-0.2, -0.15) is 9.78 Å². The van der Waals surface area contributed by atoms with Crippen LogP contribution in [0.3, 0.4) is 0 Å². The molecule has 3 aromatic rings. The van der Waals surface area contributed by atoms with Crippen molar-refractivity contribution in [1.29, 1.82) is 0 Å². The maximum Gasteiger partial charge on any atom is 0.352 e. The van der Waals surface area contributed by atoms with Crippen molar-refractivity contribution in [3.8, 4) is 5.69 Å². The van der Waals surface area contributed by atoms with E-state index in [1.165, 1.54) is 36.4 Å². The van der Waals surface area contributed by atoms with E-state index >= 15 is 0 Å². The Morgan fingerprint density at radius 2 is 1.81 bits per heavy atom. The summed E-state index contributed by atoms with van der Waals surface area (Å²) >= 11 is 0. The molecule has 2 aromatic carbocycles. The summed E-state index contributed by atoms with van der Waals surface area (Å²) in [5.74, 6) is -2.24. The zero-order valence-corrected chi connectivity index (χ0v) is 17.0. The van der Waals surface area contributed by atoms with Crippen molar-refractivity contribution >= 4 is 5.91 Å². The second-order valence-electron chi connectivity index (χ2n) is 7.32. The molecular weight excluding hydrogens is 422 g/mol. The SMILES string of the molecule is O=C(NC[C@H]1CCCO1)c1nn(-c2ccccc2F)c(=O)n(Cc2ccccc2F)c1=O. The van der Waals surface area contributed by atoms with Crippen molar-refractivity contribution in [1.82, 2.24) is 19.7 Å². The first-order valence-corrected chi connectivity index (χ1v) is 10.1. The van der Waals surface area contributed by atoms with Gasteiger partial charge in [0.05, 0.1) is 12.6 Å². The van der Waals surface area contributed by atoms with Crippen molar-refractivity contribution in [2.75, 3.05) is 13.2 Å². The van der Waals surface area contributed by atoms with E-state index in [2.05, 4.69) is 10.4 Å². The average Bonchev–Trinajstić information content (AvgIpc) is 3.31. The Labute approximate surface area is 181 Å². The summed E-state index contributed by atoms with van der Waals surface area (Å²) in [6.07, 6.45) is 1.45. The normalized spacial score (nSPS) is 15.6. The number of aromatic nitrogens is 3. The van der Waals surface area contributed by atoms with Crippen LogP contribution in [0.4, 0.5) is 8.78 Å². The Balaban J connectivity index is 1.80. The highest BCUT2D eigenvalue weighted by Crippen LogP contribution is 2.12. The molecule has 32 heavy (non-hydrogen) atoms. The van der Waals surface area contributed by atoms with Gasteiger partial charge < -0.3 is 10.1 Å². The third kappa shape index (κ3) is 4.35. The molecule has 1 aliphatic heterocycles. The van der Waals surface area contributed by atoms with Gasteiger partial charge in [-0.25, -0.2) is 13.6 Å². The molecule has 0 saturated carbocycles. The van der Waals surface area contributed by atoms with Gasteiger partial charge in [0.2, 0.25) is 5.69 Å². The van der Waals surface area contributed by atoms with Crippen molar-refractivity contribution in [3.05, 3.63) is 92.3 Å². The number of carbonyl (C=O) groups excluding carboxylic acids is 1. The highest BCUT2D eigenvalue weighted by atomic mass is 19.1. The molecule has 4 rings (SSSR count). The van der Waals surface area contributed by atoms with E-state index in [9.17, 15) is 23.2 Å². The molecule has 2 heterocycles. The Kier molecular flexibility index (Phi) is 6.22. The zero-order chi connectivity index (χ0) is 22.7. The summed E-state index contributed by atoms with van der Waals surface area (Å²) < 4.78 is 35.3. The molecule has 166 valence electrons. The van der Waals surface area contributed by atoms with Crippen molar-refractivity contribution in [2.45, 2.75) is 25.5 Å². The van der Waals surface area contributed by atoms with E-state index in [-0.39, 0.29) is 23.9 Å². The molecule has 1 atom stereocenters. The molecular formula is C22H20F2N4O4. The van der Waals surface area contributed by atoms with Gasteiger partial charge in [-0.1, -0.05) is 30.3 Å². The minimum Gasteiger partial charge on any atom is -0.376 e. The molecule has 0 spiro atoms. The number of rotatable bonds is 6. The predicted octanol–water partition coefficient (Wildman–Crippen LogP) is 1.63. The van der Waals surface area contributed by atoms with E-state index < -0.39 is 41.0 Å². The Morgan fingerprint density at radius 1 is 1.09 bits per heavy atom. The number of hydrogen-bond acceptors (Lipinski definition) is 5. The molecule has 8 nitrogen and oxygen atoms in total. The Bertz CT molecular complexity index is 1270. The van der Waals surface area contributed by atoms with Crippen LogP contribution in [0.15, 0.2) is 58.1 Å². The van der Waals surface area contributed by atoms with Gasteiger partial charge in [-0.3, -0.25) is 14.2 Å². The quantitative estimate of drug-likeness (QED) is 0.626. The van der Waals surface area contributed by atoms with Crippen LogP contribution >= 0.6 is 0 Å². The van der Waals surface area contributed by atoms with Gasteiger partial charge in [0, 0.05) is 18.7 Å². The number of hydrogen-bond donors (Lipinski definition) is 1. The summed E-state index contributed by atoms with van der Waals surface area (Å²) in [7, 11) is 0. The van der Waals surface area contributed by atoms with E-state index in [0.717, 1.165) is 18.9 Å². The number of benzene rings is 2. The highest BCUT2D eigenvalue weighted by Gasteiger charge is 2.23. The predicted molar refractivity (Wildman–Crippen MR) is 111 cm³/mol. The summed E-state index contributed by atoms with van der Waals surface area (Å²) in [5.41, 5.74) is -2.80. The number of nitrogens with one attached hydrogen (secondary N) is 1. The molecule has 0 radical (unpaired) electrons. The molecule has 10 heteroatoms. The van der Waals surface area contributed by atoms with Gasteiger partial charge in [0.15, 0.2) is 0 Å². The molecule has 1 amide bonds. The zero-order valence-electron chi connectivity index (χ0n) is 17.0. The highest BCUT2D eigenvalue weighted by molar-refractivity contribution is 5.91. The maximum absolute atomic E-state index is 14.4. The van der Waals surface area contributed by atoms with Crippen molar-refractivity contribution < 1.29 is 18.3 Å². The largest absolute Gasteiger partial charge is 0.376 e. The number of ether oxygens (including phenoxy) is 1. The lowest BCUT2D eigenvalue weighted by molar-refractivity contribution is 0.0849. The van der Waals surface area contributed by atoms with Crippen LogP contribution in [0.2, 0.25) is 0 Å². The fourth-order valence-corrected chi connectivity index (χ4v) is 3.47. The molecule has 0 bridgehead atoms. The van der Waals surface area contributed by atoms with Crippen LogP contribution in [-0.2, 0) is 11.3 Å². The first-order chi connectivity index (χ1) is 15.5. The van der Waals surface area contributed by atoms with Crippen molar-refractivity contribution in [3.63, 3.8) is 0 Å². The fourth-order valence-electron chi connectivity index (χ4n) is 3.47. The number of halogens is 2. The van der Waals surface area contributed by atoms with Crippen LogP contribution in [0.25, 0.3) is 5.69 Å². The van der Waals surface area contributed by atoms with E-state index in [1.807, 2.05) is 0 Å². The molecule has 0 unspecified atom stereocenters. The fraction of sp³-hybridized carbons (Fsp3) is 0.273. The lowest BCUT2D eigenvalue weighted by Gasteiger charge is -2.14. The summed E-state index contributed by atoms with van der Waals surface area (Å²) in [4.78, 5) is 38.8. The number of carbonyl (C=O) groups is 1. The summed E-state index contributed by atoms with van der Waals surface area (Å²) in [5, 5.41) is 6.43. The van der Waals surface area contributed by atoms with Gasteiger partial charge in [-0.05, 0) is 31.0 Å². The molecule has 0 aliphatic carbocycles. The van der Waals surface area contributed by atoms with Gasteiger partial charge in [0.25, 0.3) is 11.5 Å². The van der Waals surface area contributed by atoms with Crippen LogP contribution in [0.1, 0.15) is 28.9 Å². The molecule has 1 fully saturated rings. The average molecular weight is 442 g/mol. The lowest BCUT2D eigenvalue weighted by atomic mass is 10.2. The third-order valence-corrected chi connectivity index (χ3v) is 5.16. The second kappa shape index (κ2) is 9.23. The lowest BCUT2D eigenvalue weighted by Crippen LogP contribution is -2.47. The minimum atomic E-state index is -1.00. The number of para-hydroxylation sites is 1. The molecule has 1 N–H and O–H groups in total.